The Bertz CT molecular complexity index is 205. The van der Waals surface area contributed by atoms with E-state index in [1.165, 1.54) is 0 Å². The minimum atomic E-state index is -0.0353. The summed E-state index contributed by atoms with van der Waals surface area (Å²) in [4.78, 5) is 22.0. The Morgan fingerprint density at radius 2 is 1.93 bits per heavy atom. The van der Waals surface area contributed by atoms with Crippen molar-refractivity contribution in [2.45, 2.75) is 45.6 Å². The van der Waals surface area contributed by atoms with Crippen molar-refractivity contribution in [3.8, 4) is 0 Å². The molecular formula is C11H22N2O2. The minimum Gasteiger partial charge on any atom is -0.356 e. The Kier molecular flexibility index (Phi) is 7.91. The summed E-state index contributed by atoms with van der Waals surface area (Å²) < 4.78 is 0. The van der Waals surface area contributed by atoms with Gasteiger partial charge in [0.25, 0.3) is 0 Å². The van der Waals surface area contributed by atoms with Crippen LogP contribution in [0, 0.1) is 0 Å². The predicted molar refractivity (Wildman–Crippen MR) is 60.7 cm³/mol. The van der Waals surface area contributed by atoms with Gasteiger partial charge in [0.1, 0.15) is 5.78 Å². The second kappa shape index (κ2) is 8.41. The highest BCUT2D eigenvalue weighted by atomic mass is 16.1. The van der Waals surface area contributed by atoms with Gasteiger partial charge in [-0.25, -0.2) is 0 Å². The number of ketones is 1. The Morgan fingerprint density at radius 1 is 1.27 bits per heavy atom. The van der Waals surface area contributed by atoms with Crippen LogP contribution in [0.4, 0.5) is 0 Å². The van der Waals surface area contributed by atoms with E-state index in [1.807, 2.05) is 6.92 Å². The molecule has 0 spiro atoms. The van der Waals surface area contributed by atoms with E-state index in [9.17, 15) is 9.59 Å². The molecule has 88 valence electrons. The van der Waals surface area contributed by atoms with Crippen molar-refractivity contribution in [3.05, 3.63) is 0 Å². The zero-order valence-electron chi connectivity index (χ0n) is 9.93. The second-order valence-electron chi connectivity index (χ2n) is 3.65. The lowest BCUT2D eigenvalue weighted by Gasteiger charge is -2.12. The summed E-state index contributed by atoms with van der Waals surface area (Å²) in [5.74, 6) is 0.266. The van der Waals surface area contributed by atoms with Crippen LogP contribution in [0.15, 0.2) is 0 Å². The van der Waals surface area contributed by atoms with Crippen LogP contribution in [-0.4, -0.2) is 31.3 Å². The lowest BCUT2D eigenvalue weighted by molar-refractivity contribution is -0.121. The molecule has 0 aliphatic rings. The van der Waals surface area contributed by atoms with Crippen LogP contribution in [0.5, 0.6) is 0 Å². The molecule has 0 unspecified atom stereocenters. The van der Waals surface area contributed by atoms with Crippen LogP contribution >= 0.6 is 0 Å². The summed E-state index contributed by atoms with van der Waals surface area (Å²) in [5, 5.41) is 5.78. The SMILES string of the molecule is CCC(=O)NCCCC[C@@H](NC)C(C)=O. The van der Waals surface area contributed by atoms with E-state index in [4.69, 9.17) is 0 Å². The fourth-order valence-corrected chi connectivity index (χ4v) is 1.38. The summed E-state index contributed by atoms with van der Waals surface area (Å²) in [6.45, 7) is 4.14. The van der Waals surface area contributed by atoms with E-state index in [0.717, 1.165) is 19.3 Å². The third-order valence-electron chi connectivity index (χ3n) is 2.40. The van der Waals surface area contributed by atoms with Gasteiger partial charge in [-0.2, -0.15) is 0 Å². The summed E-state index contributed by atoms with van der Waals surface area (Å²) >= 11 is 0. The maximum atomic E-state index is 11.1. The molecule has 0 aliphatic heterocycles. The summed E-state index contributed by atoms with van der Waals surface area (Å²) in [6.07, 6.45) is 3.26. The second-order valence-corrected chi connectivity index (χ2v) is 3.65. The van der Waals surface area contributed by atoms with E-state index in [-0.39, 0.29) is 17.7 Å². The molecule has 0 rings (SSSR count). The van der Waals surface area contributed by atoms with E-state index in [1.54, 1.807) is 14.0 Å². The first-order valence-corrected chi connectivity index (χ1v) is 5.56. The van der Waals surface area contributed by atoms with Gasteiger partial charge in [-0.05, 0) is 33.2 Å². The van der Waals surface area contributed by atoms with Crippen LogP contribution in [0.1, 0.15) is 39.5 Å². The first-order chi connectivity index (χ1) is 7.11. The van der Waals surface area contributed by atoms with Gasteiger partial charge in [-0.15, -0.1) is 0 Å². The van der Waals surface area contributed by atoms with Crippen molar-refractivity contribution in [3.63, 3.8) is 0 Å². The van der Waals surface area contributed by atoms with Crippen LogP contribution in [0.3, 0.4) is 0 Å². The average molecular weight is 214 g/mol. The minimum absolute atomic E-state index is 0.0353. The fourth-order valence-electron chi connectivity index (χ4n) is 1.38. The molecule has 0 aromatic heterocycles. The number of rotatable bonds is 8. The zero-order valence-corrected chi connectivity index (χ0v) is 9.93. The van der Waals surface area contributed by atoms with Crippen LogP contribution in [0.25, 0.3) is 0 Å². The lowest BCUT2D eigenvalue weighted by atomic mass is 10.1. The lowest BCUT2D eigenvalue weighted by Crippen LogP contribution is -2.32. The number of hydrogen-bond acceptors (Lipinski definition) is 3. The van der Waals surface area contributed by atoms with E-state index < -0.39 is 0 Å². The number of Topliss-reactive ketones (excluding diaryl/α,β-unsaturated/α-hetero) is 1. The molecule has 15 heavy (non-hydrogen) atoms. The molecule has 0 aliphatic carbocycles. The van der Waals surface area contributed by atoms with Crippen molar-refractivity contribution >= 4 is 11.7 Å². The fraction of sp³-hybridized carbons (Fsp3) is 0.818. The van der Waals surface area contributed by atoms with Gasteiger partial charge in [0, 0.05) is 13.0 Å². The number of nitrogens with one attached hydrogen (secondary N) is 2. The van der Waals surface area contributed by atoms with Crippen LogP contribution in [-0.2, 0) is 9.59 Å². The number of amides is 1. The van der Waals surface area contributed by atoms with Gasteiger partial charge in [-0.3, -0.25) is 9.59 Å². The molecule has 2 N–H and O–H groups in total. The normalized spacial score (nSPS) is 12.2. The summed E-state index contributed by atoms with van der Waals surface area (Å²) in [6, 6.07) is -0.0353. The van der Waals surface area contributed by atoms with Gasteiger partial charge in [-0.1, -0.05) is 6.92 Å². The molecule has 1 atom stereocenters. The van der Waals surface area contributed by atoms with E-state index in [2.05, 4.69) is 10.6 Å². The maximum absolute atomic E-state index is 11.1. The summed E-state index contributed by atoms with van der Waals surface area (Å²) in [7, 11) is 1.80. The van der Waals surface area contributed by atoms with Crippen molar-refractivity contribution in [1.29, 1.82) is 0 Å². The first kappa shape index (κ1) is 14.1. The highest BCUT2D eigenvalue weighted by Gasteiger charge is 2.09. The third-order valence-corrected chi connectivity index (χ3v) is 2.40. The third kappa shape index (κ3) is 7.08. The van der Waals surface area contributed by atoms with Crippen molar-refractivity contribution < 1.29 is 9.59 Å². The molecule has 0 saturated carbocycles. The smallest absolute Gasteiger partial charge is 0.219 e. The molecule has 4 nitrogen and oxygen atoms in total. The maximum Gasteiger partial charge on any atom is 0.219 e. The predicted octanol–water partition coefficient (Wildman–Crippen LogP) is 0.860. The molecule has 0 aromatic carbocycles. The Hall–Kier alpha value is -0.900. The molecule has 1 amide bonds. The van der Waals surface area contributed by atoms with Gasteiger partial charge in [0.15, 0.2) is 0 Å². The van der Waals surface area contributed by atoms with E-state index >= 15 is 0 Å². The van der Waals surface area contributed by atoms with Crippen LogP contribution in [0.2, 0.25) is 0 Å². The molecule has 0 heterocycles. The topological polar surface area (TPSA) is 58.2 Å². The summed E-state index contributed by atoms with van der Waals surface area (Å²) in [5.41, 5.74) is 0. The zero-order chi connectivity index (χ0) is 11.7. The number of hydrogen-bond donors (Lipinski definition) is 2. The molecule has 0 aromatic rings. The van der Waals surface area contributed by atoms with E-state index in [0.29, 0.717) is 13.0 Å². The van der Waals surface area contributed by atoms with Crippen molar-refractivity contribution in [1.82, 2.24) is 10.6 Å². The highest BCUT2D eigenvalue weighted by Crippen LogP contribution is 2.01. The molecule has 0 radical (unpaired) electrons. The first-order valence-electron chi connectivity index (χ1n) is 5.56. The average Bonchev–Trinajstić information content (AvgIpc) is 2.22. The number of carbonyl (C=O) groups excluding carboxylic acids is 2. The van der Waals surface area contributed by atoms with Crippen molar-refractivity contribution in [2.75, 3.05) is 13.6 Å². The van der Waals surface area contributed by atoms with Gasteiger partial charge in [0.05, 0.1) is 6.04 Å². The monoisotopic (exact) mass is 214 g/mol. The van der Waals surface area contributed by atoms with Gasteiger partial charge in [0.2, 0.25) is 5.91 Å². The van der Waals surface area contributed by atoms with Crippen molar-refractivity contribution in [2.24, 2.45) is 0 Å². The standard InChI is InChI=1S/C11H22N2O2/c1-4-11(15)13-8-6-5-7-10(12-3)9(2)14/h10,12H,4-8H2,1-3H3,(H,13,15)/t10-/m1/s1. The number of carbonyl (C=O) groups is 2. The number of likely N-dealkylation sites (N-methyl/N-ethyl adjacent to an activating group) is 1. The molecular weight excluding hydrogens is 192 g/mol. The van der Waals surface area contributed by atoms with Gasteiger partial charge >= 0.3 is 0 Å². The molecule has 0 fully saturated rings. The van der Waals surface area contributed by atoms with Gasteiger partial charge < -0.3 is 10.6 Å². The Morgan fingerprint density at radius 3 is 2.40 bits per heavy atom. The quantitative estimate of drug-likeness (QED) is 0.589. The molecule has 0 bridgehead atoms. The number of unbranched alkanes of at least 4 members (excludes halogenated alkanes) is 1. The molecule has 0 saturated heterocycles. The molecule has 4 heteroatoms. The van der Waals surface area contributed by atoms with Crippen LogP contribution < -0.4 is 10.6 Å². The Labute approximate surface area is 91.8 Å². The highest BCUT2D eigenvalue weighted by molar-refractivity contribution is 5.81. The largest absolute Gasteiger partial charge is 0.356 e. The Balaban J connectivity index is 3.45.